The monoisotopic (exact) mass is 810 g/mol. The third-order valence-electron chi connectivity index (χ3n) is 7.91. The number of pyridine rings is 1. The van der Waals surface area contributed by atoms with Crippen LogP contribution in [0.25, 0.3) is 0 Å². The van der Waals surface area contributed by atoms with Crippen LogP contribution in [-0.4, -0.2) is 79.4 Å². The fourth-order valence-electron chi connectivity index (χ4n) is 5.36. The molecule has 56 heavy (non-hydrogen) atoms. The van der Waals surface area contributed by atoms with Gasteiger partial charge in [-0.2, -0.15) is 31.3 Å². The zero-order valence-electron chi connectivity index (χ0n) is 28.9. The molecule has 0 spiro atoms. The Morgan fingerprint density at radius 2 is 1.54 bits per heavy atom. The van der Waals surface area contributed by atoms with Gasteiger partial charge in [0.25, 0.3) is 0 Å². The number of aromatic nitrogens is 3. The molecule has 1 atom stereocenters. The van der Waals surface area contributed by atoms with Crippen LogP contribution in [-0.2, 0) is 27.2 Å². The van der Waals surface area contributed by atoms with Crippen LogP contribution in [0.1, 0.15) is 30.4 Å². The lowest BCUT2D eigenvalue weighted by molar-refractivity contribution is -0.193. The number of rotatable bonds is 4. The number of benzene rings is 2. The SMILES string of the molecule is O=C(C[C@H]1CCCN(C(=O)Nc2ccccc2)C1)Nc1ccc2cc1CCc1cncc(c1)Nc1ncc(Cl)c(n1)N2.O=C(O)C(F)(F)F.O=C(O)C(F)(F)F. The Labute approximate surface area is 319 Å². The molecule has 4 heterocycles. The summed E-state index contributed by atoms with van der Waals surface area (Å²) in [5.74, 6) is -4.62. The maximum absolute atomic E-state index is 13.2. The van der Waals surface area contributed by atoms with Gasteiger partial charge in [-0.3, -0.25) is 9.78 Å². The second kappa shape index (κ2) is 18.9. The molecule has 6 bridgehead atoms. The summed E-state index contributed by atoms with van der Waals surface area (Å²) in [5, 5.41) is 27.2. The molecule has 1 fully saturated rings. The first-order valence-corrected chi connectivity index (χ1v) is 16.9. The van der Waals surface area contributed by atoms with Gasteiger partial charge < -0.3 is 36.4 Å². The highest BCUT2D eigenvalue weighted by atomic mass is 35.5. The molecule has 2 aromatic carbocycles. The third kappa shape index (κ3) is 13.3. The average molecular weight is 811 g/mol. The van der Waals surface area contributed by atoms with Crippen molar-refractivity contribution in [2.75, 3.05) is 34.4 Å². The zero-order valence-corrected chi connectivity index (χ0v) is 29.7. The molecule has 4 aromatic rings. The van der Waals surface area contributed by atoms with Gasteiger partial charge in [-0.05, 0) is 79.1 Å². The van der Waals surface area contributed by atoms with Crippen LogP contribution in [0, 0.1) is 5.92 Å². The quantitative estimate of drug-likeness (QED) is 0.111. The normalized spacial score (nSPS) is 14.8. The van der Waals surface area contributed by atoms with Crippen LogP contribution in [0.2, 0.25) is 5.02 Å². The van der Waals surface area contributed by atoms with E-state index in [1.165, 1.54) is 0 Å². The number of piperidine rings is 1. The van der Waals surface area contributed by atoms with E-state index >= 15 is 0 Å². The van der Waals surface area contributed by atoms with Crippen LogP contribution < -0.4 is 21.3 Å². The number of nitrogens with zero attached hydrogens (tertiary/aromatic N) is 4. The fraction of sp³-hybridized carbons (Fsp3) is 0.286. The van der Waals surface area contributed by atoms with E-state index in [-0.39, 0.29) is 17.9 Å². The first-order valence-electron chi connectivity index (χ1n) is 16.5. The second-order valence-electron chi connectivity index (χ2n) is 12.2. The van der Waals surface area contributed by atoms with Crippen molar-refractivity contribution >= 4 is 70.0 Å². The molecule has 0 radical (unpaired) electrons. The molecule has 6 rings (SSSR count). The smallest absolute Gasteiger partial charge is 0.475 e. The van der Waals surface area contributed by atoms with Crippen molar-refractivity contribution < 1.29 is 55.7 Å². The minimum Gasteiger partial charge on any atom is -0.475 e. The molecule has 0 saturated carbocycles. The fourth-order valence-corrected chi connectivity index (χ4v) is 5.49. The van der Waals surface area contributed by atoms with Gasteiger partial charge in [-0.15, -0.1) is 0 Å². The molecule has 1 saturated heterocycles. The number of amides is 3. The van der Waals surface area contributed by atoms with Gasteiger partial charge in [0.15, 0.2) is 5.82 Å². The van der Waals surface area contributed by atoms with E-state index in [4.69, 9.17) is 31.4 Å². The Balaban J connectivity index is 0.000000425. The van der Waals surface area contributed by atoms with Gasteiger partial charge >= 0.3 is 30.3 Å². The lowest BCUT2D eigenvalue weighted by Crippen LogP contribution is -2.43. The number of anilines is 6. The minimum absolute atomic E-state index is 0.0680. The number of fused-ring (bicyclic) bond motifs is 6. The van der Waals surface area contributed by atoms with E-state index in [1.54, 1.807) is 17.3 Å². The number of halogens is 7. The Bertz CT molecular complexity index is 2000. The van der Waals surface area contributed by atoms with Crippen LogP contribution in [0.3, 0.4) is 0 Å². The first kappa shape index (κ1) is 42.6. The number of likely N-dealkylation sites (tertiary alicyclic amines) is 1. The van der Waals surface area contributed by atoms with E-state index in [2.05, 4.69) is 36.2 Å². The summed E-state index contributed by atoms with van der Waals surface area (Å²) in [7, 11) is 0. The van der Waals surface area contributed by atoms with Gasteiger partial charge in [-0.25, -0.2) is 19.4 Å². The number of hydrogen-bond donors (Lipinski definition) is 6. The zero-order chi connectivity index (χ0) is 41.0. The van der Waals surface area contributed by atoms with Gasteiger partial charge in [0.1, 0.15) is 5.02 Å². The summed E-state index contributed by atoms with van der Waals surface area (Å²) in [6.45, 7) is 1.22. The molecule has 0 unspecified atom stereocenters. The van der Waals surface area contributed by atoms with Crippen LogP contribution in [0.4, 0.5) is 65.7 Å². The van der Waals surface area contributed by atoms with Crippen LogP contribution in [0.5, 0.6) is 0 Å². The van der Waals surface area contributed by atoms with E-state index in [0.29, 0.717) is 42.7 Å². The van der Waals surface area contributed by atoms with Gasteiger partial charge in [0.2, 0.25) is 11.9 Å². The molecule has 0 aliphatic carbocycles. The lowest BCUT2D eigenvalue weighted by atomic mass is 9.94. The predicted octanol–water partition coefficient (Wildman–Crippen LogP) is 7.65. The summed E-state index contributed by atoms with van der Waals surface area (Å²) >= 11 is 6.38. The number of hydrogen-bond acceptors (Lipinski definition) is 9. The van der Waals surface area contributed by atoms with E-state index in [9.17, 15) is 35.9 Å². The van der Waals surface area contributed by atoms with E-state index in [0.717, 1.165) is 53.1 Å². The van der Waals surface area contributed by atoms with Gasteiger partial charge in [0, 0.05) is 42.8 Å². The largest absolute Gasteiger partial charge is 0.490 e. The highest BCUT2D eigenvalue weighted by Crippen LogP contribution is 2.30. The van der Waals surface area contributed by atoms with E-state index in [1.807, 2.05) is 60.8 Å². The lowest BCUT2D eigenvalue weighted by Gasteiger charge is -2.32. The molecule has 2 aliphatic heterocycles. The molecule has 6 N–H and O–H groups in total. The number of carboxylic acid groups (broad SMARTS) is 2. The maximum Gasteiger partial charge on any atom is 0.490 e. The number of urea groups is 1. The molecule has 3 amide bonds. The van der Waals surface area contributed by atoms with Gasteiger partial charge in [-0.1, -0.05) is 29.8 Å². The van der Waals surface area contributed by atoms with Crippen molar-refractivity contribution in [1.29, 1.82) is 0 Å². The second-order valence-corrected chi connectivity index (χ2v) is 12.6. The summed E-state index contributed by atoms with van der Waals surface area (Å²) in [6, 6.07) is 17.1. The predicted molar refractivity (Wildman–Crippen MR) is 192 cm³/mol. The number of carbonyl (C=O) groups excluding carboxylic acids is 2. The molecular weight excluding hydrogens is 778 g/mol. The summed E-state index contributed by atoms with van der Waals surface area (Å²) in [5.41, 5.74) is 5.11. The Hall–Kier alpha value is -6.18. The number of aliphatic carboxylic acids is 2. The number of para-hydroxylation sites is 1. The number of alkyl halides is 6. The van der Waals surface area contributed by atoms with Crippen LogP contribution in [0.15, 0.2) is 73.2 Å². The van der Waals surface area contributed by atoms with Crippen molar-refractivity contribution in [3.8, 4) is 0 Å². The number of nitrogens with one attached hydrogen (secondary N) is 4. The standard InChI is InChI=1S/C31H31ClN8O2.2C2HF3O2/c32-26-18-34-30-36-25-13-20(16-33-17-25)8-9-22-15-24(35-29(26)39-30)10-11-27(22)38-28(41)14-21-5-4-12-40(19-21)31(42)37-23-6-2-1-3-7-23;2*3-2(4,5)1(6)7/h1-3,6-7,10-11,13,15-18,21H,4-5,8-9,12,14,19H2,(H,37,42)(H,38,41)(H2,34,35,36,39);2*(H,6,7)/t21-;;/m1../s1. The molecule has 2 aliphatic rings. The van der Waals surface area contributed by atoms with Crippen molar-refractivity contribution in [2.45, 2.75) is 44.5 Å². The summed E-state index contributed by atoms with van der Waals surface area (Å²) in [6.07, 6.45) is -1.56. The highest BCUT2D eigenvalue weighted by molar-refractivity contribution is 6.32. The molecule has 298 valence electrons. The molecule has 21 heteroatoms. The summed E-state index contributed by atoms with van der Waals surface area (Å²) < 4.78 is 63.5. The molecule has 14 nitrogen and oxygen atoms in total. The Morgan fingerprint density at radius 1 is 0.857 bits per heavy atom. The number of carboxylic acids is 2. The molecule has 2 aromatic heterocycles. The average Bonchev–Trinajstić information content (AvgIpc) is 3.13. The van der Waals surface area contributed by atoms with Crippen molar-refractivity contribution in [3.63, 3.8) is 0 Å². The van der Waals surface area contributed by atoms with Crippen molar-refractivity contribution in [3.05, 3.63) is 89.3 Å². The Kier molecular flexibility index (Phi) is 14.4. The molecular formula is C35H33ClF6N8O6. The van der Waals surface area contributed by atoms with Gasteiger partial charge in [0.05, 0.1) is 18.1 Å². The number of carbonyl (C=O) groups is 4. The van der Waals surface area contributed by atoms with Crippen molar-refractivity contribution in [1.82, 2.24) is 19.9 Å². The summed E-state index contributed by atoms with van der Waals surface area (Å²) in [4.78, 5) is 58.8. The Morgan fingerprint density at radius 3 is 2.20 bits per heavy atom. The maximum atomic E-state index is 13.2. The highest BCUT2D eigenvalue weighted by Gasteiger charge is 2.39. The van der Waals surface area contributed by atoms with Crippen molar-refractivity contribution in [2.24, 2.45) is 5.92 Å². The minimum atomic E-state index is -5.08. The topological polar surface area (TPSA) is 199 Å². The van der Waals surface area contributed by atoms with E-state index < -0.39 is 24.3 Å². The van der Waals surface area contributed by atoms with Crippen LogP contribution >= 0.6 is 11.6 Å². The first-order chi connectivity index (χ1) is 26.4. The number of aryl methyl sites for hydroxylation is 2. The third-order valence-corrected chi connectivity index (χ3v) is 8.19.